The van der Waals surface area contributed by atoms with Crippen LogP contribution in [0, 0.1) is 0 Å². The highest BCUT2D eigenvalue weighted by Gasteiger charge is 2.40. The third kappa shape index (κ3) is 2.08. The van der Waals surface area contributed by atoms with Gasteiger partial charge in [-0.1, -0.05) is 30.3 Å². The normalized spacial score (nSPS) is 15.9. The van der Waals surface area contributed by atoms with Crippen molar-refractivity contribution in [1.29, 1.82) is 0 Å². The topological polar surface area (TPSA) is 63.7 Å². The fourth-order valence-electron chi connectivity index (χ4n) is 2.38. The van der Waals surface area contributed by atoms with Gasteiger partial charge in [0.15, 0.2) is 0 Å². The van der Waals surface area contributed by atoms with E-state index in [-0.39, 0.29) is 17.0 Å². The van der Waals surface area contributed by atoms with Crippen LogP contribution in [0.2, 0.25) is 0 Å². The van der Waals surface area contributed by atoms with Crippen LogP contribution < -0.4 is 4.74 Å². The summed E-state index contributed by atoms with van der Waals surface area (Å²) >= 11 is 0. The summed E-state index contributed by atoms with van der Waals surface area (Å²) in [5, 5.41) is 0. The Labute approximate surface area is 122 Å². The minimum absolute atomic E-state index is 0.0418. The van der Waals surface area contributed by atoms with Crippen molar-refractivity contribution in [2.45, 2.75) is 11.4 Å². The molecule has 3 rings (SSSR count). The number of methoxy groups -OCH3 is 1. The minimum Gasteiger partial charge on any atom is -0.496 e. The summed E-state index contributed by atoms with van der Waals surface area (Å²) in [6.45, 7) is -0.0418. The van der Waals surface area contributed by atoms with E-state index >= 15 is 0 Å². The molecule has 0 saturated heterocycles. The quantitative estimate of drug-likeness (QED) is 0.870. The highest BCUT2D eigenvalue weighted by Crippen LogP contribution is 2.32. The molecule has 2 aromatic rings. The highest BCUT2D eigenvalue weighted by molar-refractivity contribution is 7.90. The summed E-state index contributed by atoms with van der Waals surface area (Å²) in [6, 6.07) is 13.3. The van der Waals surface area contributed by atoms with Crippen LogP contribution in [-0.2, 0) is 16.6 Å². The Hall–Kier alpha value is -2.34. The number of ether oxygens (including phenoxy) is 1. The van der Waals surface area contributed by atoms with E-state index in [1.54, 1.807) is 36.4 Å². The summed E-state index contributed by atoms with van der Waals surface area (Å²) in [7, 11) is -2.28. The van der Waals surface area contributed by atoms with Crippen LogP contribution >= 0.6 is 0 Å². The number of carbonyl (C=O) groups excluding carboxylic acids is 1. The van der Waals surface area contributed by atoms with E-state index in [4.69, 9.17) is 4.74 Å². The predicted molar refractivity (Wildman–Crippen MR) is 76.5 cm³/mol. The molecule has 1 aliphatic rings. The van der Waals surface area contributed by atoms with Crippen LogP contribution in [0.3, 0.4) is 0 Å². The molecule has 0 saturated carbocycles. The average molecular weight is 303 g/mol. The molecule has 0 aliphatic carbocycles. The fraction of sp³-hybridized carbons (Fsp3) is 0.133. The minimum atomic E-state index is -3.79. The molecular formula is C15H13NO4S. The molecule has 0 radical (unpaired) electrons. The van der Waals surface area contributed by atoms with Gasteiger partial charge in [0, 0.05) is 5.56 Å². The SMILES string of the molecule is COc1ccccc1CN1C(=O)c2ccccc2S1(=O)=O. The van der Waals surface area contributed by atoms with Gasteiger partial charge < -0.3 is 4.74 Å². The lowest BCUT2D eigenvalue weighted by Gasteiger charge is -2.16. The molecule has 0 N–H and O–H groups in total. The molecular weight excluding hydrogens is 290 g/mol. The number of nitrogens with zero attached hydrogens (tertiary/aromatic N) is 1. The van der Waals surface area contributed by atoms with Crippen molar-refractivity contribution in [3.05, 3.63) is 59.7 Å². The highest BCUT2D eigenvalue weighted by atomic mass is 32.2. The molecule has 6 heteroatoms. The van der Waals surface area contributed by atoms with E-state index in [0.29, 0.717) is 11.3 Å². The van der Waals surface area contributed by atoms with E-state index in [9.17, 15) is 13.2 Å². The monoisotopic (exact) mass is 303 g/mol. The van der Waals surface area contributed by atoms with E-state index in [1.807, 2.05) is 0 Å². The number of benzene rings is 2. The van der Waals surface area contributed by atoms with Crippen molar-refractivity contribution in [3.8, 4) is 5.75 Å². The van der Waals surface area contributed by atoms with Gasteiger partial charge in [-0.15, -0.1) is 0 Å². The number of amides is 1. The smallest absolute Gasteiger partial charge is 0.269 e. The van der Waals surface area contributed by atoms with Gasteiger partial charge in [-0.3, -0.25) is 4.79 Å². The summed E-state index contributed by atoms with van der Waals surface area (Å²) in [5.74, 6) is 0.0490. The van der Waals surface area contributed by atoms with Gasteiger partial charge >= 0.3 is 0 Å². The molecule has 2 aromatic carbocycles. The lowest BCUT2D eigenvalue weighted by atomic mass is 10.2. The lowest BCUT2D eigenvalue weighted by molar-refractivity contribution is 0.0864. The van der Waals surface area contributed by atoms with Gasteiger partial charge in [0.25, 0.3) is 15.9 Å². The molecule has 0 spiro atoms. The molecule has 0 unspecified atom stereocenters. The number of fused-ring (bicyclic) bond motifs is 1. The third-order valence-electron chi connectivity index (χ3n) is 3.42. The summed E-state index contributed by atoms with van der Waals surface area (Å²) in [6.07, 6.45) is 0. The van der Waals surface area contributed by atoms with Gasteiger partial charge in [0.2, 0.25) is 0 Å². The maximum atomic E-state index is 12.5. The second kappa shape index (κ2) is 4.89. The summed E-state index contributed by atoms with van der Waals surface area (Å²) in [4.78, 5) is 12.4. The largest absolute Gasteiger partial charge is 0.496 e. The van der Waals surface area contributed by atoms with Crippen molar-refractivity contribution in [2.24, 2.45) is 0 Å². The standard InChI is InChI=1S/C15H13NO4S/c1-20-13-8-4-2-6-11(13)10-16-15(17)12-7-3-5-9-14(12)21(16,18)19/h2-9H,10H2,1H3. The zero-order valence-corrected chi connectivity index (χ0v) is 12.1. The zero-order chi connectivity index (χ0) is 15.0. The maximum absolute atomic E-state index is 12.5. The van der Waals surface area contributed by atoms with Gasteiger partial charge in [-0.2, -0.15) is 0 Å². The third-order valence-corrected chi connectivity index (χ3v) is 5.21. The molecule has 0 fully saturated rings. The van der Waals surface area contributed by atoms with Crippen LogP contribution in [-0.4, -0.2) is 25.7 Å². The van der Waals surface area contributed by atoms with Gasteiger partial charge in [-0.05, 0) is 18.2 Å². The number of carbonyl (C=O) groups is 1. The van der Waals surface area contributed by atoms with E-state index < -0.39 is 15.9 Å². The Balaban J connectivity index is 2.04. The first-order valence-electron chi connectivity index (χ1n) is 6.33. The van der Waals surface area contributed by atoms with Crippen molar-refractivity contribution >= 4 is 15.9 Å². The lowest BCUT2D eigenvalue weighted by Crippen LogP contribution is -2.29. The number of rotatable bonds is 3. The van der Waals surface area contributed by atoms with Crippen LogP contribution in [0.4, 0.5) is 0 Å². The van der Waals surface area contributed by atoms with Crippen LogP contribution in [0.1, 0.15) is 15.9 Å². The summed E-state index contributed by atoms with van der Waals surface area (Å²) < 4.78 is 31.0. The first kappa shape index (κ1) is 13.6. The van der Waals surface area contributed by atoms with E-state index in [2.05, 4.69) is 0 Å². The van der Waals surface area contributed by atoms with Crippen LogP contribution in [0.5, 0.6) is 5.75 Å². The maximum Gasteiger partial charge on any atom is 0.269 e. The Kier molecular flexibility index (Phi) is 3.17. The van der Waals surface area contributed by atoms with E-state index in [1.165, 1.54) is 19.2 Å². The van der Waals surface area contributed by atoms with Crippen molar-refractivity contribution in [1.82, 2.24) is 4.31 Å². The van der Waals surface area contributed by atoms with Gasteiger partial charge in [-0.25, -0.2) is 12.7 Å². The molecule has 21 heavy (non-hydrogen) atoms. The van der Waals surface area contributed by atoms with Crippen molar-refractivity contribution in [3.63, 3.8) is 0 Å². The molecule has 1 aliphatic heterocycles. The first-order chi connectivity index (χ1) is 10.1. The molecule has 1 heterocycles. The number of hydrogen-bond acceptors (Lipinski definition) is 4. The first-order valence-corrected chi connectivity index (χ1v) is 7.77. The molecule has 1 amide bonds. The Morgan fingerprint density at radius 3 is 2.43 bits per heavy atom. The van der Waals surface area contributed by atoms with Crippen LogP contribution in [0.25, 0.3) is 0 Å². The molecule has 5 nitrogen and oxygen atoms in total. The number of para-hydroxylation sites is 1. The Morgan fingerprint density at radius 2 is 1.71 bits per heavy atom. The Morgan fingerprint density at radius 1 is 1.05 bits per heavy atom. The van der Waals surface area contributed by atoms with Crippen molar-refractivity contribution in [2.75, 3.05) is 7.11 Å². The van der Waals surface area contributed by atoms with Gasteiger partial charge in [0.1, 0.15) is 10.6 Å². The van der Waals surface area contributed by atoms with Crippen LogP contribution in [0.15, 0.2) is 53.4 Å². The molecule has 0 aromatic heterocycles. The Bertz CT molecular complexity index is 814. The number of sulfonamides is 1. The second-order valence-corrected chi connectivity index (χ2v) is 6.46. The van der Waals surface area contributed by atoms with Crippen molar-refractivity contribution < 1.29 is 17.9 Å². The summed E-state index contributed by atoms with van der Waals surface area (Å²) in [5.41, 5.74) is 0.858. The van der Waals surface area contributed by atoms with E-state index in [0.717, 1.165) is 4.31 Å². The molecule has 0 atom stereocenters. The van der Waals surface area contributed by atoms with Gasteiger partial charge in [0.05, 0.1) is 19.2 Å². The molecule has 0 bridgehead atoms. The zero-order valence-electron chi connectivity index (χ0n) is 11.3. The predicted octanol–water partition coefficient (Wildman–Crippen LogP) is 2.04. The second-order valence-electron chi connectivity index (χ2n) is 4.62. The average Bonchev–Trinajstić information content (AvgIpc) is 2.69. The fourth-order valence-corrected chi connectivity index (χ4v) is 3.92. The number of hydrogen-bond donors (Lipinski definition) is 0. The molecule has 108 valence electrons.